The van der Waals surface area contributed by atoms with E-state index >= 15 is 0 Å². The Morgan fingerprint density at radius 3 is 2.92 bits per heavy atom. The van der Waals surface area contributed by atoms with Crippen LogP contribution in [0.1, 0.15) is 62.2 Å². The second-order valence-corrected chi connectivity index (χ2v) is 7.91. The lowest BCUT2D eigenvalue weighted by atomic mass is 9.87. The Bertz CT molecular complexity index is 756. The maximum atomic E-state index is 12.2. The van der Waals surface area contributed by atoms with E-state index in [-0.39, 0.29) is 29.3 Å². The summed E-state index contributed by atoms with van der Waals surface area (Å²) in [6.07, 6.45) is 3.27. The highest BCUT2D eigenvalue weighted by Crippen LogP contribution is 2.63. The molecule has 2 aliphatic heterocycles. The minimum absolute atomic E-state index is 0.100. The summed E-state index contributed by atoms with van der Waals surface area (Å²) in [6, 6.07) is 2.03. The molecule has 1 fully saturated rings. The zero-order valence-corrected chi connectivity index (χ0v) is 14.5. The molecular formula is C20H24O4. The summed E-state index contributed by atoms with van der Waals surface area (Å²) < 4.78 is 11.7. The molecule has 4 rings (SSSR count). The van der Waals surface area contributed by atoms with Crippen molar-refractivity contribution >= 4 is 5.97 Å². The average molecular weight is 328 g/mol. The fourth-order valence-electron chi connectivity index (χ4n) is 4.26. The van der Waals surface area contributed by atoms with Gasteiger partial charge in [0.1, 0.15) is 23.7 Å². The molecular weight excluding hydrogens is 304 g/mol. The van der Waals surface area contributed by atoms with E-state index in [4.69, 9.17) is 9.15 Å². The second-order valence-electron chi connectivity index (χ2n) is 7.91. The van der Waals surface area contributed by atoms with Crippen molar-refractivity contribution in [3.63, 3.8) is 0 Å². The number of carbonyl (C=O) groups is 1. The number of aryl methyl sites for hydroxylation is 1. The Kier molecular flexibility index (Phi) is 3.33. The summed E-state index contributed by atoms with van der Waals surface area (Å²) in [5, 5.41) is 10.9. The SMILES string of the molecule is C=C(C)[C@H]1CCC2=C[C@@H](OC2=O)[C@]2(C)C[C@H]2c2cc(C)c(o2)[C@@H]1O. The minimum atomic E-state index is -0.727. The average Bonchev–Trinajstić information content (AvgIpc) is 2.86. The van der Waals surface area contributed by atoms with E-state index in [2.05, 4.69) is 13.5 Å². The van der Waals surface area contributed by atoms with Gasteiger partial charge in [-0.05, 0) is 50.8 Å². The van der Waals surface area contributed by atoms with Gasteiger partial charge in [0.05, 0.1) is 0 Å². The normalized spacial score (nSPS) is 37.7. The zero-order valence-electron chi connectivity index (χ0n) is 14.5. The zero-order chi connectivity index (χ0) is 17.2. The number of fused-ring (bicyclic) bond motifs is 6. The van der Waals surface area contributed by atoms with Crippen molar-refractivity contribution in [3.8, 4) is 0 Å². The molecule has 1 aliphatic carbocycles. The summed E-state index contributed by atoms with van der Waals surface area (Å²) >= 11 is 0. The molecule has 3 aliphatic rings. The fourth-order valence-corrected chi connectivity index (χ4v) is 4.26. The predicted octanol–water partition coefficient (Wildman–Crippen LogP) is 3.95. The van der Waals surface area contributed by atoms with Crippen LogP contribution >= 0.6 is 0 Å². The van der Waals surface area contributed by atoms with E-state index in [0.29, 0.717) is 18.6 Å². The number of esters is 1. The fraction of sp³-hybridized carbons (Fsp3) is 0.550. The van der Waals surface area contributed by atoms with Crippen molar-refractivity contribution in [2.24, 2.45) is 11.3 Å². The van der Waals surface area contributed by atoms with Gasteiger partial charge in [0.15, 0.2) is 0 Å². The smallest absolute Gasteiger partial charge is 0.334 e. The van der Waals surface area contributed by atoms with Gasteiger partial charge >= 0.3 is 5.97 Å². The Morgan fingerprint density at radius 1 is 1.46 bits per heavy atom. The lowest BCUT2D eigenvalue weighted by Crippen LogP contribution is -2.20. The Hall–Kier alpha value is -1.81. The van der Waals surface area contributed by atoms with Crippen LogP contribution in [-0.4, -0.2) is 17.2 Å². The molecule has 24 heavy (non-hydrogen) atoms. The van der Waals surface area contributed by atoms with Gasteiger partial charge in [-0.2, -0.15) is 0 Å². The van der Waals surface area contributed by atoms with Crippen molar-refractivity contribution in [2.75, 3.05) is 0 Å². The minimum Gasteiger partial charge on any atom is -0.463 e. The highest BCUT2D eigenvalue weighted by Gasteiger charge is 2.60. The first-order chi connectivity index (χ1) is 11.3. The molecule has 5 atom stereocenters. The molecule has 1 aromatic rings. The molecule has 0 aromatic carbocycles. The molecule has 4 nitrogen and oxygen atoms in total. The van der Waals surface area contributed by atoms with Gasteiger partial charge < -0.3 is 14.3 Å². The molecule has 128 valence electrons. The quantitative estimate of drug-likeness (QED) is 0.626. The van der Waals surface area contributed by atoms with Crippen molar-refractivity contribution < 1.29 is 19.1 Å². The lowest BCUT2D eigenvalue weighted by Gasteiger charge is -2.22. The summed E-state index contributed by atoms with van der Waals surface area (Å²) in [5.74, 6) is 1.41. The van der Waals surface area contributed by atoms with Crippen LogP contribution < -0.4 is 0 Å². The van der Waals surface area contributed by atoms with Crippen molar-refractivity contribution in [1.29, 1.82) is 0 Å². The number of hydrogen-bond acceptors (Lipinski definition) is 4. The third-order valence-corrected chi connectivity index (χ3v) is 6.10. The molecule has 4 bridgehead atoms. The Labute approximate surface area is 142 Å². The Balaban J connectivity index is 1.78. The Morgan fingerprint density at radius 2 is 2.21 bits per heavy atom. The van der Waals surface area contributed by atoms with Gasteiger partial charge in [0, 0.05) is 22.8 Å². The molecule has 0 spiro atoms. The lowest BCUT2D eigenvalue weighted by molar-refractivity contribution is -0.142. The third kappa shape index (κ3) is 2.20. The van der Waals surface area contributed by atoms with Gasteiger partial charge in [0.2, 0.25) is 0 Å². The van der Waals surface area contributed by atoms with Gasteiger partial charge in [-0.1, -0.05) is 19.1 Å². The van der Waals surface area contributed by atoms with E-state index < -0.39 is 6.10 Å². The van der Waals surface area contributed by atoms with Gasteiger partial charge in [-0.15, -0.1) is 0 Å². The molecule has 0 radical (unpaired) electrons. The maximum absolute atomic E-state index is 12.2. The molecule has 3 heterocycles. The van der Waals surface area contributed by atoms with E-state index in [1.165, 1.54) is 0 Å². The van der Waals surface area contributed by atoms with Crippen molar-refractivity contribution in [1.82, 2.24) is 0 Å². The van der Waals surface area contributed by atoms with Crippen molar-refractivity contribution in [2.45, 2.75) is 58.2 Å². The van der Waals surface area contributed by atoms with Gasteiger partial charge in [-0.25, -0.2) is 4.79 Å². The number of rotatable bonds is 1. The van der Waals surface area contributed by atoms with Crippen LogP contribution in [0.5, 0.6) is 0 Å². The maximum Gasteiger partial charge on any atom is 0.334 e. The topological polar surface area (TPSA) is 59.7 Å². The van der Waals surface area contributed by atoms with E-state index in [1.807, 2.05) is 26.0 Å². The first-order valence-corrected chi connectivity index (χ1v) is 8.66. The van der Waals surface area contributed by atoms with Gasteiger partial charge in [-0.3, -0.25) is 0 Å². The summed E-state index contributed by atoms with van der Waals surface area (Å²) in [6.45, 7) is 10.1. The van der Waals surface area contributed by atoms with Crippen molar-refractivity contribution in [3.05, 3.63) is 47.0 Å². The monoisotopic (exact) mass is 328 g/mol. The molecule has 0 amide bonds. The first kappa shape index (κ1) is 15.7. The molecule has 1 saturated carbocycles. The van der Waals surface area contributed by atoms with E-state index in [0.717, 1.165) is 28.9 Å². The number of ether oxygens (including phenoxy) is 1. The number of furan rings is 1. The first-order valence-electron chi connectivity index (χ1n) is 8.66. The van der Waals surface area contributed by atoms with Crippen LogP contribution in [0.15, 0.2) is 34.3 Å². The van der Waals surface area contributed by atoms with Crippen LogP contribution in [0.4, 0.5) is 0 Å². The number of hydrogen-bond donors (Lipinski definition) is 1. The van der Waals surface area contributed by atoms with Crippen LogP contribution in [0.25, 0.3) is 0 Å². The largest absolute Gasteiger partial charge is 0.463 e. The summed E-state index contributed by atoms with van der Waals surface area (Å²) in [7, 11) is 0. The van der Waals surface area contributed by atoms with Crippen LogP contribution in [-0.2, 0) is 9.53 Å². The van der Waals surface area contributed by atoms with E-state index in [9.17, 15) is 9.90 Å². The molecule has 0 unspecified atom stereocenters. The highest BCUT2D eigenvalue weighted by atomic mass is 16.5. The summed E-state index contributed by atoms with van der Waals surface area (Å²) in [4.78, 5) is 12.2. The second kappa shape index (κ2) is 5.09. The number of carbonyl (C=O) groups excluding carboxylic acids is 1. The summed E-state index contributed by atoms with van der Waals surface area (Å²) in [5.41, 5.74) is 2.52. The van der Waals surface area contributed by atoms with Crippen LogP contribution in [0, 0.1) is 18.3 Å². The van der Waals surface area contributed by atoms with Crippen LogP contribution in [0.3, 0.4) is 0 Å². The van der Waals surface area contributed by atoms with E-state index in [1.54, 1.807) is 0 Å². The predicted molar refractivity (Wildman–Crippen MR) is 89.4 cm³/mol. The highest BCUT2D eigenvalue weighted by molar-refractivity contribution is 5.91. The van der Waals surface area contributed by atoms with Gasteiger partial charge in [0.25, 0.3) is 0 Å². The third-order valence-electron chi connectivity index (χ3n) is 6.10. The number of aliphatic hydroxyl groups excluding tert-OH is 1. The molecule has 0 saturated heterocycles. The van der Waals surface area contributed by atoms with Crippen LogP contribution in [0.2, 0.25) is 0 Å². The number of aliphatic hydroxyl groups is 1. The standard InChI is InChI=1S/C20H24O4/c1-10(2)13-6-5-12-8-16(24-19(12)22)20(4)9-14(20)15-7-11(3)18(23-15)17(13)21/h7-8,13-14,16-17,21H,1,5-6,9H2,2-4H3/t13-,14+,16-,17-,20-/m1/s1. The molecule has 1 aromatic heterocycles. The molecule has 4 heteroatoms. The molecule has 1 N–H and O–H groups in total.